The van der Waals surface area contributed by atoms with E-state index >= 15 is 0 Å². The predicted octanol–water partition coefficient (Wildman–Crippen LogP) is 1.69. The van der Waals surface area contributed by atoms with E-state index in [9.17, 15) is 18.0 Å². The van der Waals surface area contributed by atoms with Crippen molar-refractivity contribution < 1.29 is 22.4 Å². The van der Waals surface area contributed by atoms with E-state index in [1.165, 1.54) is 28.8 Å². The Labute approximate surface area is 165 Å². The third-order valence-electron chi connectivity index (χ3n) is 4.07. The molecule has 146 valence electrons. The number of furan rings is 1. The van der Waals surface area contributed by atoms with Crippen molar-refractivity contribution in [2.24, 2.45) is 0 Å². The van der Waals surface area contributed by atoms with Gasteiger partial charge in [-0.3, -0.25) is 9.59 Å². The van der Waals surface area contributed by atoms with Crippen molar-refractivity contribution in [2.45, 2.75) is 23.1 Å². The van der Waals surface area contributed by atoms with Crippen molar-refractivity contribution >= 4 is 44.8 Å². The molecular formula is C16H18ClN3O5S2. The average molecular weight is 432 g/mol. The van der Waals surface area contributed by atoms with Crippen molar-refractivity contribution in [3.63, 3.8) is 0 Å². The third kappa shape index (κ3) is 4.52. The Hall–Kier alpha value is -1.88. The number of thiophene rings is 1. The van der Waals surface area contributed by atoms with Crippen LogP contribution in [-0.2, 0) is 14.8 Å². The number of amides is 2. The molecule has 0 aromatic carbocycles. The fraction of sp³-hybridized carbons (Fsp3) is 0.375. The van der Waals surface area contributed by atoms with Crippen LogP contribution in [0.1, 0.15) is 23.4 Å². The number of hydrogen-bond acceptors (Lipinski definition) is 6. The van der Waals surface area contributed by atoms with Gasteiger partial charge in [-0.25, -0.2) is 8.42 Å². The zero-order chi connectivity index (χ0) is 19.4. The Morgan fingerprint density at radius 2 is 2.04 bits per heavy atom. The fourth-order valence-corrected chi connectivity index (χ4v) is 6.08. The zero-order valence-corrected chi connectivity index (χ0v) is 16.6. The van der Waals surface area contributed by atoms with Crippen molar-refractivity contribution in [1.82, 2.24) is 14.9 Å². The van der Waals surface area contributed by atoms with Crippen LogP contribution >= 0.6 is 22.9 Å². The first-order valence-corrected chi connectivity index (χ1v) is 10.9. The molecule has 2 aromatic heterocycles. The largest absolute Gasteiger partial charge is 0.459 e. The van der Waals surface area contributed by atoms with Crippen LogP contribution in [0.5, 0.6) is 0 Å². The Balaban J connectivity index is 1.54. The summed E-state index contributed by atoms with van der Waals surface area (Å²) >= 11 is 6.80. The van der Waals surface area contributed by atoms with E-state index in [2.05, 4.69) is 10.6 Å². The summed E-state index contributed by atoms with van der Waals surface area (Å²) in [6.07, 6.45) is 2.45. The Kier molecular flexibility index (Phi) is 6.20. The molecule has 3 rings (SSSR count). The molecule has 0 bridgehead atoms. The first-order valence-electron chi connectivity index (χ1n) is 8.26. The Bertz CT molecular complexity index is 910. The second kappa shape index (κ2) is 8.42. The number of halogens is 1. The lowest BCUT2D eigenvalue weighted by atomic mass is 10.2. The van der Waals surface area contributed by atoms with Crippen LogP contribution < -0.4 is 10.6 Å². The topological polar surface area (TPSA) is 109 Å². The van der Waals surface area contributed by atoms with Gasteiger partial charge in [0.1, 0.15) is 10.3 Å². The van der Waals surface area contributed by atoms with Gasteiger partial charge < -0.3 is 15.1 Å². The lowest BCUT2D eigenvalue weighted by Gasteiger charge is -2.22. The maximum atomic E-state index is 12.7. The SMILES string of the molecule is O=C(NCCNC(=O)C1CCCN1S(=O)(=O)c1ccc(Cl)s1)c1ccco1. The minimum atomic E-state index is -3.76. The summed E-state index contributed by atoms with van der Waals surface area (Å²) in [7, 11) is -3.76. The number of rotatable bonds is 7. The van der Waals surface area contributed by atoms with E-state index in [4.69, 9.17) is 16.0 Å². The molecule has 1 saturated heterocycles. The summed E-state index contributed by atoms with van der Waals surface area (Å²) in [5.74, 6) is -0.580. The molecule has 1 atom stereocenters. The van der Waals surface area contributed by atoms with Gasteiger partial charge in [-0.05, 0) is 37.1 Å². The first-order chi connectivity index (χ1) is 12.9. The molecule has 11 heteroatoms. The molecule has 0 saturated carbocycles. The van der Waals surface area contributed by atoms with Gasteiger partial charge in [0, 0.05) is 19.6 Å². The van der Waals surface area contributed by atoms with Crippen LogP contribution in [0.4, 0.5) is 0 Å². The minimum Gasteiger partial charge on any atom is -0.459 e. The maximum Gasteiger partial charge on any atom is 0.287 e. The molecule has 1 fully saturated rings. The summed E-state index contributed by atoms with van der Waals surface area (Å²) in [6.45, 7) is 0.664. The highest BCUT2D eigenvalue weighted by Gasteiger charge is 2.39. The van der Waals surface area contributed by atoms with E-state index in [1.54, 1.807) is 6.07 Å². The summed E-state index contributed by atoms with van der Waals surface area (Å²) < 4.78 is 32.2. The van der Waals surface area contributed by atoms with Crippen LogP contribution in [0.2, 0.25) is 4.34 Å². The van der Waals surface area contributed by atoms with Crippen LogP contribution in [0.3, 0.4) is 0 Å². The minimum absolute atomic E-state index is 0.123. The standard InChI is InChI=1S/C16H18ClN3O5S2/c17-13-5-6-14(26-13)27(23,24)20-9-1-3-11(20)15(21)18-7-8-19-16(22)12-4-2-10-25-12/h2,4-6,10-11H,1,3,7-9H2,(H,18,21)(H,19,22). The average Bonchev–Trinajstić information content (AvgIpc) is 3.39. The second-order valence-corrected chi connectivity index (χ2v) is 9.69. The molecular weight excluding hydrogens is 414 g/mol. The molecule has 2 amide bonds. The number of sulfonamides is 1. The molecule has 2 N–H and O–H groups in total. The lowest BCUT2D eigenvalue weighted by molar-refractivity contribution is -0.124. The summed E-state index contributed by atoms with van der Waals surface area (Å²) in [5, 5.41) is 5.28. The smallest absolute Gasteiger partial charge is 0.287 e. The molecule has 27 heavy (non-hydrogen) atoms. The van der Waals surface area contributed by atoms with E-state index < -0.39 is 16.1 Å². The second-order valence-electron chi connectivity index (χ2n) is 5.86. The molecule has 1 aliphatic heterocycles. The normalized spacial score (nSPS) is 17.7. The summed E-state index contributed by atoms with van der Waals surface area (Å²) in [6, 6.07) is 5.33. The Morgan fingerprint density at radius 3 is 2.70 bits per heavy atom. The highest BCUT2D eigenvalue weighted by molar-refractivity contribution is 7.91. The van der Waals surface area contributed by atoms with Gasteiger partial charge in [0.2, 0.25) is 5.91 Å². The maximum absolute atomic E-state index is 12.7. The van der Waals surface area contributed by atoms with Crippen molar-refractivity contribution in [2.75, 3.05) is 19.6 Å². The molecule has 8 nitrogen and oxygen atoms in total. The highest BCUT2D eigenvalue weighted by atomic mass is 35.5. The number of hydrogen-bond donors (Lipinski definition) is 2. The number of nitrogens with zero attached hydrogens (tertiary/aromatic N) is 1. The zero-order valence-electron chi connectivity index (χ0n) is 14.2. The van der Waals surface area contributed by atoms with Gasteiger partial charge in [0.15, 0.2) is 5.76 Å². The molecule has 0 spiro atoms. The number of carbonyl (C=O) groups is 2. The van der Waals surface area contributed by atoms with Crippen molar-refractivity contribution in [3.8, 4) is 0 Å². The first kappa shape index (κ1) is 19.9. The quantitative estimate of drug-likeness (QED) is 0.648. The lowest BCUT2D eigenvalue weighted by Crippen LogP contribution is -2.47. The van der Waals surface area contributed by atoms with E-state index in [-0.39, 0.29) is 41.4 Å². The highest BCUT2D eigenvalue weighted by Crippen LogP contribution is 2.32. The number of nitrogens with one attached hydrogen (secondary N) is 2. The van der Waals surface area contributed by atoms with E-state index in [1.807, 2.05) is 0 Å². The number of carbonyl (C=O) groups excluding carboxylic acids is 2. The monoisotopic (exact) mass is 431 g/mol. The summed E-state index contributed by atoms with van der Waals surface area (Å²) in [5.41, 5.74) is 0. The van der Waals surface area contributed by atoms with E-state index in [0.717, 1.165) is 11.3 Å². The van der Waals surface area contributed by atoms with Crippen molar-refractivity contribution in [1.29, 1.82) is 0 Å². The Morgan fingerprint density at radius 1 is 1.26 bits per heavy atom. The predicted molar refractivity (Wildman–Crippen MR) is 100 cm³/mol. The van der Waals surface area contributed by atoms with Crippen LogP contribution in [0.15, 0.2) is 39.2 Å². The van der Waals surface area contributed by atoms with Gasteiger partial charge in [-0.15, -0.1) is 11.3 Å². The van der Waals surface area contributed by atoms with Gasteiger partial charge in [0.05, 0.1) is 10.6 Å². The fourth-order valence-electron chi connectivity index (χ4n) is 2.82. The third-order valence-corrected chi connectivity index (χ3v) is 7.68. The molecule has 1 aliphatic rings. The molecule has 3 heterocycles. The van der Waals surface area contributed by atoms with Gasteiger partial charge >= 0.3 is 0 Å². The van der Waals surface area contributed by atoms with Crippen LogP contribution in [0, 0.1) is 0 Å². The molecule has 1 unspecified atom stereocenters. The van der Waals surface area contributed by atoms with Gasteiger partial charge in [-0.2, -0.15) is 4.31 Å². The van der Waals surface area contributed by atoms with Gasteiger partial charge in [0.25, 0.3) is 15.9 Å². The van der Waals surface area contributed by atoms with Crippen LogP contribution in [-0.4, -0.2) is 50.2 Å². The molecule has 0 radical (unpaired) electrons. The molecule has 2 aromatic rings. The molecule has 0 aliphatic carbocycles. The van der Waals surface area contributed by atoms with Gasteiger partial charge in [-0.1, -0.05) is 11.6 Å². The van der Waals surface area contributed by atoms with Crippen molar-refractivity contribution in [3.05, 3.63) is 40.6 Å². The van der Waals surface area contributed by atoms with Crippen LogP contribution in [0.25, 0.3) is 0 Å². The van der Waals surface area contributed by atoms with E-state index in [0.29, 0.717) is 17.2 Å². The summed E-state index contributed by atoms with van der Waals surface area (Å²) in [4.78, 5) is 24.2.